The van der Waals surface area contributed by atoms with Gasteiger partial charge in [0.25, 0.3) is 5.91 Å². The minimum atomic E-state index is -0.586. The Morgan fingerprint density at radius 2 is 1.95 bits per heavy atom. The molecular formula is C16H13Br2NO2. The molecule has 2 unspecified atom stereocenters. The van der Waals surface area contributed by atoms with Crippen molar-refractivity contribution in [3.8, 4) is 0 Å². The predicted molar refractivity (Wildman–Crippen MR) is 88.2 cm³/mol. The van der Waals surface area contributed by atoms with Crippen molar-refractivity contribution in [1.29, 1.82) is 0 Å². The Kier molecular flexibility index (Phi) is 4.15. The van der Waals surface area contributed by atoms with Crippen molar-refractivity contribution < 1.29 is 9.90 Å². The first kappa shape index (κ1) is 14.8. The second-order valence-electron chi connectivity index (χ2n) is 5.05. The Hall–Kier alpha value is -1.17. The molecule has 1 aliphatic carbocycles. The highest BCUT2D eigenvalue weighted by atomic mass is 79.9. The van der Waals surface area contributed by atoms with Gasteiger partial charge in [-0.05, 0) is 45.3 Å². The van der Waals surface area contributed by atoms with Crippen LogP contribution in [0.5, 0.6) is 0 Å². The zero-order valence-corrected chi connectivity index (χ0v) is 14.2. The smallest absolute Gasteiger partial charge is 0.253 e. The molecule has 108 valence electrons. The van der Waals surface area contributed by atoms with Crippen LogP contribution in [0.2, 0.25) is 0 Å². The minimum Gasteiger partial charge on any atom is -0.390 e. The Bertz CT molecular complexity index is 702. The molecule has 0 fully saturated rings. The summed E-state index contributed by atoms with van der Waals surface area (Å²) >= 11 is 6.75. The van der Waals surface area contributed by atoms with Gasteiger partial charge in [0, 0.05) is 15.4 Å². The fraction of sp³-hybridized carbons (Fsp3) is 0.188. The van der Waals surface area contributed by atoms with E-state index >= 15 is 0 Å². The average molecular weight is 411 g/mol. The van der Waals surface area contributed by atoms with Gasteiger partial charge in [-0.2, -0.15) is 0 Å². The maximum Gasteiger partial charge on any atom is 0.253 e. The molecule has 1 aliphatic rings. The number of nitrogens with one attached hydrogen (secondary N) is 1. The summed E-state index contributed by atoms with van der Waals surface area (Å²) in [6, 6.07) is 12.9. The summed E-state index contributed by atoms with van der Waals surface area (Å²) in [4.78, 5) is 12.5. The number of hydrogen-bond acceptors (Lipinski definition) is 2. The number of hydrogen-bond donors (Lipinski definition) is 2. The third kappa shape index (κ3) is 2.91. The summed E-state index contributed by atoms with van der Waals surface area (Å²) in [6.45, 7) is 0. The molecule has 3 nitrogen and oxygen atoms in total. The van der Waals surface area contributed by atoms with E-state index in [0.717, 1.165) is 20.1 Å². The second-order valence-corrected chi connectivity index (χ2v) is 6.82. The van der Waals surface area contributed by atoms with Gasteiger partial charge in [0.05, 0.1) is 17.7 Å². The molecule has 0 aliphatic heterocycles. The third-order valence-electron chi connectivity index (χ3n) is 3.66. The van der Waals surface area contributed by atoms with Crippen molar-refractivity contribution in [3.05, 3.63) is 68.1 Å². The molecule has 0 heterocycles. The normalized spacial score (nSPS) is 20.1. The van der Waals surface area contributed by atoms with E-state index in [1.165, 1.54) is 0 Å². The standard InChI is InChI=1S/C16H13Br2NO2/c17-10-5-6-13(18)12(8-10)16(21)19-15-11-4-2-1-3-9(11)7-14(15)20/h1-6,8,14-15,20H,7H2,(H,19,21). The number of aliphatic hydroxyl groups is 1. The fourth-order valence-corrected chi connectivity index (χ4v) is 3.43. The quantitative estimate of drug-likeness (QED) is 0.794. The van der Waals surface area contributed by atoms with Gasteiger partial charge in [0.2, 0.25) is 0 Å². The van der Waals surface area contributed by atoms with Gasteiger partial charge in [-0.1, -0.05) is 40.2 Å². The third-order valence-corrected chi connectivity index (χ3v) is 4.85. The van der Waals surface area contributed by atoms with Crippen molar-refractivity contribution >= 4 is 37.8 Å². The van der Waals surface area contributed by atoms with Crippen LogP contribution >= 0.6 is 31.9 Å². The Morgan fingerprint density at radius 3 is 2.76 bits per heavy atom. The molecule has 2 aromatic rings. The first-order valence-electron chi connectivity index (χ1n) is 6.58. The van der Waals surface area contributed by atoms with E-state index in [2.05, 4.69) is 37.2 Å². The lowest BCUT2D eigenvalue weighted by Crippen LogP contribution is -2.34. The SMILES string of the molecule is O=C(NC1c2ccccc2CC1O)c1cc(Br)ccc1Br. The summed E-state index contributed by atoms with van der Waals surface area (Å²) in [5.74, 6) is -0.205. The zero-order valence-electron chi connectivity index (χ0n) is 11.0. The van der Waals surface area contributed by atoms with E-state index in [9.17, 15) is 9.90 Å². The highest BCUT2D eigenvalue weighted by Crippen LogP contribution is 2.32. The van der Waals surface area contributed by atoms with Crippen LogP contribution in [0, 0.1) is 0 Å². The van der Waals surface area contributed by atoms with Crippen LogP contribution in [-0.4, -0.2) is 17.1 Å². The van der Waals surface area contributed by atoms with Crippen LogP contribution in [0.4, 0.5) is 0 Å². The van der Waals surface area contributed by atoms with E-state index in [4.69, 9.17) is 0 Å². The predicted octanol–water partition coefficient (Wildman–Crippen LogP) is 3.60. The molecule has 0 saturated heterocycles. The van der Waals surface area contributed by atoms with Crippen LogP contribution in [0.15, 0.2) is 51.4 Å². The molecule has 0 aromatic heterocycles. The molecule has 21 heavy (non-hydrogen) atoms. The zero-order chi connectivity index (χ0) is 15.0. The Morgan fingerprint density at radius 1 is 1.19 bits per heavy atom. The first-order valence-corrected chi connectivity index (χ1v) is 8.16. The highest BCUT2D eigenvalue weighted by Gasteiger charge is 2.32. The first-order chi connectivity index (χ1) is 10.1. The molecule has 2 aromatic carbocycles. The minimum absolute atomic E-state index is 0.205. The lowest BCUT2D eigenvalue weighted by atomic mass is 10.1. The number of carbonyl (C=O) groups excluding carboxylic acids is 1. The maximum absolute atomic E-state index is 12.5. The second kappa shape index (κ2) is 5.91. The molecule has 0 saturated carbocycles. The molecule has 1 amide bonds. The van der Waals surface area contributed by atoms with E-state index in [0.29, 0.717) is 12.0 Å². The van der Waals surface area contributed by atoms with Crippen LogP contribution in [0.3, 0.4) is 0 Å². The summed E-state index contributed by atoms with van der Waals surface area (Å²) in [5.41, 5.74) is 2.62. The average Bonchev–Trinajstić information content (AvgIpc) is 2.78. The van der Waals surface area contributed by atoms with Crippen molar-refractivity contribution in [2.45, 2.75) is 18.6 Å². The van der Waals surface area contributed by atoms with Gasteiger partial charge in [-0.15, -0.1) is 0 Å². The molecule has 0 spiro atoms. The molecule has 2 atom stereocenters. The fourth-order valence-electron chi connectivity index (χ4n) is 2.64. The van der Waals surface area contributed by atoms with E-state index in [1.807, 2.05) is 36.4 Å². The molecule has 0 radical (unpaired) electrons. The van der Waals surface area contributed by atoms with Crippen LogP contribution in [0.1, 0.15) is 27.5 Å². The summed E-state index contributed by atoms with van der Waals surface area (Å²) in [7, 11) is 0. The van der Waals surface area contributed by atoms with Crippen molar-refractivity contribution in [2.75, 3.05) is 0 Å². The van der Waals surface area contributed by atoms with E-state index in [-0.39, 0.29) is 11.9 Å². The summed E-state index contributed by atoms with van der Waals surface area (Å²) < 4.78 is 1.56. The number of fused-ring (bicyclic) bond motifs is 1. The molecule has 2 N–H and O–H groups in total. The molecule has 0 bridgehead atoms. The monoisotopic (exact) mass is 409 g/mol. The largest absolute Gasteiger partial charge is 0.390 e. The van der Waals surface area contributed by atoms with Crippen molar-refractivity contribution in [3.63, 3.8) is 0 Å². The van der Waals surface area contributed by atoms with Gasteiger partial charge >= 0.3 is 0 Å². The number of amides is 1. The van der Waals surface area contributed by atoms with Crippen LogP contribution < -0.4 is 5.32 Å². The van der Waals surface area contributed by atoms with Crippen molar-refractivity contribution in [1.82, 2.24) is 5.32 Å². The Labute approximate surface area is 139 Å². The topological polar surface area (TPSA) is 49.3 Å². The van der Waals surface area contributed by atoms with E-state index in [1.54, 1.807) is 6.07 Å². The number of carbonyl (C=O) groups is 1. The summed E-state index contributed by atoms with van der Waals surface area (Å²) in [5, 5.41) is 13.1. The van der Waals surface area contributed by atoms with Gasteiger partial charge < -0.3 is 10.4 Å². The van der Waals surface area contributed by atoms with Crippen LogP contribution in [-0.2, 0) is 6.42 Å². The highest BCUT2D eigenvalue weighted by molar-refractivity contribution is 9.11. The van der Waals surface area contributed by atoms with Gasteiger partial charge in [0.15, 0.2) is 0 Å². The van der Waals surface area contributed by atoms with Gasteiger partial charge in [0.1, 0.15) is 0 Å². The Balaban J connectivity index is 1.87. The lowest BCUT2D eigenvalue weighted by molar-refractivity contribution is 0.0857. The number of aliphatic hydroxyl groups excluding tert-OH is 1. The number of benzene rings is 2. The van der Waals surface area contributed by atoms with Crippen LogP contribution in [0.25, 0.3) is 0 Å². The maximum atomic E-state index is 12.5. The lowest BCUT2D eigenvalue weighted by Gasteiger charge is -2.18. The molecular weight excluding hydrogens is 398 g/mol. The summed E-state index contributed by atoms with van der Waals surface area (Å²) in [6.07, 6.45) is -0.0156. The number of halogens is 2. The van der Waals surface area contributed by atoms with E-state index < -0.39 is 6.10 Å². The van der Waals surface area contributed by atoms with Crippen molar-refractivity contribution in [2.24, 2.45) is 0 Å². The molecule has 5 heteroatoms. The number of rotatable bonds is 2. The molecule has 3 rings (SSSR count). The van der Waals surface area contributed by atoms with Gasteiger partial charge in [-0.3, -0.25) is 4.79 Å². The van der Waals surface area contributed by atoms with Gasteiger partial charge in [-0.25, -0.2) is 0 Å².